The molecule has 0 aromatic heterocycles. The number of carbonyl (C=O) groups excluding carboxylic acids is 1. The van der Waals surface area contributed by atoms with Crippen molar-refractivity contribution in [1.29, 1.82) is 0 Å². The van der Waals surface area contributed by atoms with Gasteiger partial charge >= 0.3 is 6.03 Å². The molecular formula is C17H27N3O. The Hall–Kier alpha value is -1.55. The molecule has 1 aliphatic rings. The maximum absolute atomic E-state index is 12.5. The van der Waals surface area contributed by atoms with Gasteiger partial charge in [-0.3, -0.25) is 0 Å². The van der Waals surface area contributed by atoms with E-state index in [9.17, 15) is 4.79 Å². The number of piperidine rings is 1. The molecule has 0 radical (unpaired) electrons. The van der Waals surface area contributed by atoms with Gasteiger partial charge in [0.15, 0.2) is 0 Å². The van der Waals surface area contributed by atoms with Gasteiger partial charge in [-0.05, 0) is 50.3 Å². The van der Waals surface area contributed by atoms with Crippen molar-refractivity contribution < 1.29 is 4.79 Å². The number of carbonyl (C=O) groups is 1. The van der Waals surface area contributed by atoms with Crippen LogP contribution < -0.4 is 11.1 Å². The summed E-state index contributed by atoms with van der Waals surface area (Å²) in [6.45, 7) is 4.99. The van der Waals surface area contributed by atoms with E-state index in [4.69, 9.17) is 5.73 Å². The van der Waals surface area contributed by atoms with Gasteiger partial charge in [0.25, 0.3) is 0 Å². The molecule has 1 aliphatic heterocycles. The Morgan fingerprint density at radius 2 is 2.29 bits per heavy atom. The van der Waals surface area contributed by atoms with Crippen LogP contribution in [0.25, 0.3) is 0 Å². The zero-order valence-electron chi connectivity index (χ0n) is 13.1. The normalized spacial score (nSPS) is 20.1. The molecular weight excluding hydrogens is 262 g/mol. The van der Waals surface area contributed by atoms with Crippen LogP contribution in [0.5, 0.6) is 0 Å². The Balaban J connectivity index is 2.04. The quantitative estimate of drug-likeness (QED) is 0.883. The lowest BCUT2D eigenvalue weighted by atomic mass is 9.99. The number of anilines is 1. The highest BCUT2D eigenvalue weighted by Crippen LogP contribution is 2.22. The number of nitrogens with one attached hydrogen (secondary N) is 1. The first-order valence-electron chi connectivity index (χ1n) is 8.05. The molecule has 1 saturated heterocycles. The Morgan fingerprint density at radius 3 is 3.00 bits per heavy atom. The molecule has 1 aromatic carbocycles. The molecule has 2 unspecified atom stereocenters. The van der Waals surface area contributed by atoms with E-state index in [0.717, 1.165) is 43.5 Å². The Bertz CT molecular complexity index is 471. The molecule has 2 atom stereocenters. The number of rotatable bonds is 4. The second kappa shape index (κ2) is 7.46. The fraction of sp³-hybridized carbons (Fsp3) is 0.588. The van der Waals surface area contributed by atoms with Crippen molar-refractivity contribution in [2.75, 3.05) is 11.9 Å². The highest BCUT2D eigenvalue weighted by molar-refractivity contribution is 5.89. The summed E-state index contributed by atoms with van der Waals surface area (Å²) in [5.74, 6) is 0. The summed E-state index contributed by atoms with van der Waals surface area (Å²) in [5, 5.41) is 3.03. The van der Waals surface area contributed by atoms with Crippen LogP contribution in [-0.4, -0.2) is 23.5 Å². The molecule has 4 nitrogen and oxygen atoms in total. The lowest BCUT2D eigenvalue weighted by Gasteiger charge is -2.35. The fourth-order valence-corrected chi connectivity index (χ4v) is 3.00. The second-order valence-corrected chi connectivity index (χ2v) is 5.98. The maximum Gasteiger partial charge on any atom is 0.322 e. The second-order valence-electron chi connectivity index (χ2n) is 5.98. The minimum absolute atomic E-state index is 0.0231. The third-order valence-electron chi connectivity index (χ3n) is 4.17. The van der Waals surface area contributed by atoms with Gasteiger partial charge < -0.3 is 16.0 Å². The average molecular weight is 289 g/mol. The summed E-state index contributed by atoms with van der Waals surface area (Å²) < 4.78 is 0. The van der Waals surface area contributed by atoms with Gasteiger partial charge in [-0.25, -0.2) is 4.79 Å². The van der Waals surface area contributed by atoms with E-state index >= 15 is 0 Å². The van der Waals surface area contributed by atoms with E-state index in [0.29, 0.717) is 6.04 Å². The van der Waals surface area contributed by atoms with Crippen molar-refractivity contribution in [3.05, 3.63) is 29.8 Å². The number of hydrogen-bond donors (Lipinski definition) is 2. The van der Waals surface area contributed by atoms with E-state index in [2.05, 4.69) is 12.2 Å². The van der Waals surface area contributed by atoms with Crippen LogP contribution in [0, 0.1) is 0 Å². The Kier molecular flexibility index (Phi) is 5.62. The maximum atomic E-state index is 12.5. The van der Waals surface area contributed by atoms with Crippen molar-refractivity contribution in [3.63, 3.8) is 0 Å². The van der Waals surface area contributed by atoms with E-state index in [1.54, 1.807) is 0 Å². The van der Waals surface area contributed by atoms with Gasteiger partial charge in [-0.2, -0.15) is 0 Å². The van der Waals surface area contributed by atoms with Crippen LogP contribution in [0.1, 0.15) is 57.6 Å². The van der Waals surface area contributed by atoms with Crippen molar-refractivity contribution in [2.45, 2.75) is 58.0 Å². The zero-order chi connectivity index (χ0) is 15.2. The number of amides is 2. The molecule has 0 aliphatic carbocycles. The third-order valence-corrected chi connectivity index (χ3v) is 4.17. The fourth-order valence-electron chi connectivity index (χ4n) is 3.00. The van der Waals surface area contributed by atoms with E-state index in [1.807, 2.05) is 36.1 Å². The Labute approximate surface area is 127 Å². The van der Waals surface area contributed by atoms with Crippen molar-refractivity contribution in [2.24, 2.45) is 5.73 Å². The highest BCUT2D eigenvalue weighted by atomic mass is 16.2. The first kappa shape index (κ1) is 15.8. The molecule has 21 heavy (non-hydrogen) atoms. The number of benzene rings is 1. The number of urea groups is 1. The molecule has 0 bridgehead atoms. The standard InChI is InChI=1S/C17H27N3O/c1-3-7-16-10-4-5-11-20(16)17(21)19-15-9-6-8-14(12-15)13(2)18/h6,8-9,12-13,16H,3-5,7,10-11,18H2,1-2H3,(H,19,21). The monoisotopic (exact) mass is 289 g/mol. The van der Waals surface area contributed by atoms with Crippen LogP contribution in [0.2, 0.25) is 0 Å². The van der Waals surface area contributed by atoms with Gasteiger partial charge in [0.05, 0.1) is 0 Å². The molecule has 0 saturated carbocycles. The minimum Gasteiger partial charge on any atom is -0.324 e. The van der Waals surface area contributed by atoms with Crippen LogP contribution in [0.3, 0.4) is 0 Å². The predicted molar refractivity (Wildman–Crippen MR) is 87.3 cm³/mol. The number of nitrogens with zero attached hydrogens (tertiary/aromatic N) is 1. The van der Waals surface area contributed by atoms with Crippen LogP contribution in [0.15, 0.2) is 24.3 Å². The molecule has 116 valence electrons. The summed E-state index contributed by atoms with van der Waals surface area (Å²) in [6, 6.07) is 8.19. The lowest BCUT2D eigenvalue weighted by Crippen LogP contribution is -2.45. The van der Waals surface area contributed by atoms with Gasteiger partial charge in [0.1, 0.15) is 0 Å². The van der Waals surface area contributed by atoms with Crippen molar-refractivity contribution in [1.82, 2.24) is 4.90 Å². The molecule has 1 heterocycles. The van der Waals surface area contributed by atoms with E-state index in [1.165, 1.54) is 6.42 Å². The number of likely N-dealkylation sites (tertiary alicyclic amines) is 1. The van der Waals surface area contributed by atoms with Crippen molar-refractivity contribution in [3.8, 4) is 0 Å². The van der Waals surface area contributed by atoms with Gasteiger partial charge in [-0.1, -0.05) is 25.5 Å². The molecule has 0 spiro atoms. The third kappa shape index (κ3) is 4.21. The molecule has 2 amide bonds. The highest BCUT2D eigenvalue weighted by Gasteiger charge is 2.25. The summed E-state index contributed by atoms with van der Waals surface area (Å²) in [7, 11) is 0. The van der Waals surface area contributed by atoms with Crippen LogP contribution in [-0.2, 0) is 0 Å². The first-order chi connectivity index (χ1) is 10.1. The summed E-state index contributed by atoms with van der Waals surface area (Å²) in [5.41, 5.74) is 7.76. The molecule has 3 N–H and O–H groups in total. The van der Waals surface area contributed by atoms with Crippen LogP contribution in [0.4, 0.5) is 10.5 Å². The Morgan fingerprint density at radius 1 is 1.48 bits per heavy atom. The zero-order valence-corrected chi connectivity index (χ0v) is 13.1. The average Bonchev–Trinajstić information content (AvgIpc) is 2.48. The molecule has 1 fully saturated rings. The molecule has 2 rings (SSSR count). The topological polar surface area (TPSA) is 58.4 Å². The van der Waals surface area contributed by atoms with Crippen molar-refractivity contribution >= 4 is 11.7 Å². The number of hydrogen-bond acceptors (Lipinski definition) is 2. The number of nitrogens with two attached hydrogens (primary N) is 1. The van der Waals surface area contributed by atoms with Gasteiger partial charge in [0, 0.05) is 24.3 Å². The van der Waals surface area contributed by atoms with Gasteiger partial charge in [-0.15, -0.1) is 0 Å². The summed E-state index contributed by atoms with van der Waals surface area (Å²) >= 11 is 0. The smallest absolute Gasteiger partial charge is 0.322 e. The molecule has 1 aromatic rings. The SMILES string of the molecule is CCCC1CCCCN1C(=O)Nc1cccc(C(C)N)c1. The first-order valence-corrected chi connectivity index (χ1v) is 8.05. The van der Waals surface area contributed by atoms with E-state index in [-0.39, 0.29) is 12.1 Å². The van der Waals surface area contributed by atoms with Gasteiger partial charge in [0.2, 0.25) is 0 Å². The van der Waals surface area contributed by atoms with E-state index < -0.39 is 0 Å². The predicted octanol–water partition coefficient (Wildman–Crippen LogP) is 3.89. The molecule has 4 heteroatoms. The summed E-state index contributed by atoms with van der Waals surface area (Å²) in [4.78, 5) is 14.5. The minimum atomic E-state index is -0.0234. The summed E-state index contributed by atoms with van der Waals surface area (Å²) in [6.07, 6.45) is 5.67. The lowest BCUT2D eigenvalue weighted by molar-refractivity contribution is 0.157. The largest absolute Gasteiger partial charge is 0.324 e. The van der Waals surface area contributed by atoms with Crippen LogP contribution >= 0.6 is 0 Å².